The zero-order chi connectivity index (χ0) is 7.72. The summed E-state index contributed by atoms with van der Waals surface area (Å²) in [4.78, 5) is 8.95. The number of nitrogens with zero attached hydrogens (tertiary/aromatic N) is 3. The molecule has 0 spiro atoms. The zero-order valence-electron chi connectivity index (χ0n) is 5.65. The number of hydrogen-bond acceptors (Lipinski definition) is 6. The van der Waals surface area contributed by atoms with Crippen molar-refractivity contribution in [1.29, 1.82) is 0 Å². The molecule has 1 heterocycles. The van der Waals surface area contributed by atoms with Crippen LogP contribution in [0.15, 0.2) is 9.98 Å². The van der Waals surface area contributed by atoms with Gasteiger partial charge < -0.3 is 16.4 Å². The molecule has 0 saturated heterocycles. The van der Waals surface area contributed by atoms with Crippen molar-refractivity contribution in [1.82, 2.24) is 4.90 Å². The monoisotopic (exact) mass is 142 g/mol. The van der Waals surface area contributed by atoms with E-state index in [-0.39, 0.29) is 5.96 Å². The average Bonchev–Trinajstić information content (AvgIpc) is 1.82. The van der Waals surface area contributed by atoms with Crippen molar-refractivity contribution in [3.05, 3.63) is 0 Å². The number of guanidine groups is 2. The molecule has 1 aliphatic rings. The lowest BCUT2D eigenvalue weighted by molar-refractivity contribution is 0.376. The quantitative estimate of drug-likeness (QED) is 0.357. The molecular weight excluding hydrogens is 132 g/mol. The molecule has 0 aliphatic carbocycles. The molecule has 0 aromatic rings. The maximum absolute atomic E-state index is 5.46. The van der Waals surface area contributed by atoms with Crippen LogP contribution in [0, 0.1) is 0 Å². The predicted octanol–water partition coefficient (Wildman–Crippen LogP) is -2.20. The first-order valence-electron chi connectivity index (χ1n) is 2.77. The van der Waals surface area contributed by atoms with Gasteiger partial charge in [0.1, 0.15) is 0 Å². The van der Waals surface area contributed by atoms with Gasteiger partial charge in [-0.05, 0) is 0 Å². The summed E-state index contributed by atoms with van der Waals surface area (Å²) in [5, 5.41) is 0. The lowest BCUT2D eigenvalue weighted by atomic mass is 10.6. The highest BCUT2D eigenvalue weighted by Gasteiger charge is 2.15. The second-order valence-electron chi connectivity index (χ2n) is 1.98. The van der Waals surface area contributed by atoms with Crippen LogP contribution < -0.4 is 17.2 Å². The number of aliphatic imine (C=N–C) groups is 2. The van der Waals surface area contributed by atoms with Crippen molar-refractivity contribution in [3.8, 4) is 0 Å². The Hall–Kier alpha value is -1.30. The van der Waals surface area contributed by atoms with Crippen LogP contribution in [0.5, 0.6) is 0 Å². The van der Waals surface area contributed by atoms with Crippen molar-refractivity contribution in [3.63, 3.8) is 0 Å². The summed E-state index contributed by atoms with van der Waals surface area (Å²) >= 11 is 0. The van der Waals surface area contributed by atoms with E-state index < -0.39 is 6.29 Å². The van der Waals surface area contributed by atoms with E-state index >= 15 is 0 Å². The first-order valence-corrected chi connectivity index (χ1v) is 2.77. The maximum Gasteiger partial charge on any atom is 0.221 e. The maximum atomic E-state index is 5.46. The van der Waals surface area contributed by atoms with Gasteiger partial charge in [0, 0.05) is 7.05 Å². The van der Waals surface area contributed by atoms with Gasteiger partial charge in [0.2, 0.25) is 11.9 Å². The third-order valence-corrected chi connectivity index (χ3v) is 1.25. The predicted molar refractivity (Wildman–Crippen MR) is 39.0 cm³/mol. The Morgan fingerprint density at radius 2 is 2.10 bits per heavy atom. The van der Waals surface area contributed by atoms with E-state index in [2.05, 4.69) is 9.98 Å². The van der Waals surface area contributed by atoms with Crippen LogP contribution in [0.25, 0.3) is 0 Å². The van der Waals surface area contributed by atoms with E-state index in [1.54, 1.807) is 7.05 Å². The van der Waals surface area contributed by atoms with E-state index in [0.29, 0.717) is 5.96 Å². The van der Waals surface area contributed by atoms with E-state index in [4.69, 9.17) is 17.2 Å². The summed E-state index contributed by atoms with van der Waals surface area (Å²) < 4.78 is 0. The van der Waals surface area contributed by atoms with Crippen molar-refractivity contribution in [2.24, 2.45) is 27.2 Å². The van der Waals surface area contributed by atoms with Crippen LogP contribution in [0.3, 0.4) is 0 Å². The first-order chi connectivity index (χ1) is 4.61. The van der Waals surface area contributed by atoms with Gasteiger partial charge in [0.05, 0.1) is 0 Å². The molecule has 6 heteroatoms. The van der Waals surface area contributed by atoms with Crippen LogP contribution in [-0.4, -0.2) is 30.2 Å². The molecular formula is C4H10N6. The molecule has 1 unspecified atom stereocenters. The van der Waals surface area contributed by atoms with Crippen molar-refractivity contribution in [2.45, 2.75) is 6.29 Å². The Balaban J connectivity index is 2.85. The Labute approximate surface area is 58.4 Å². The molecule has 6 N–H and O–H groups in total. The highest BCUT2D eigenvalue weighted by atomic mass is 15.4. The molecule has 56 valence electrons. The van der Waals surface area contributed by atoms with E-state index in [0.717, 1.165) is 0 Å². The van der Waals surface area contributed by atoms with E-state index in [1.165, 1.54) is 4.90 Å². The topological polar surface area (TPSA) is 106 Å². The smallest absolute Gasteiger partial charge is 0.221 e. The first kappa shape index (κ1) is 6.81. The van der Waals surface area contributed by atoms with Crippen LogP contribution in [0.2, 0.25) is 0 Å². The SMILES string of the molecule is CN1C(N)=NC(N)=NC1N. The molecule has 0 aromatic carbocycles. The van der Waals surface area contributed by atoms with Crippen LogP contribution in [-0.2, 0) is 0 Å². The highest BCUT2D eigenvalue weighted by Crippen LogP contribution is 1.96. The zero-order valence-corrected chi connectivity index (χ0v) is 5.65. The Morgan fingerprint density at radius 3 is 2.60 bits per heavy atom. The summed E-state index contributed by atoms with van der Waals surface area (Å²) in [6, 6.07) is 0. The molecule has 0 aromatic heterocycles. The lowest BCUT2D eigenvalue weighted by Gasteiger charge is -2.24. The second kappa shape index (κ2) is 2.14. The summed E-state index contributed by atoms with van der Waals surface area (Å²) in [6.45, 7) is 0. The van der Waals surface area contributed by atoms with Crippen LogP contribution in [0.1, 0.15) is 0 Å². The van der Waals surface area contributed by atoms with Crippen LogP contribution in [0.4, 0.5) is 0 Å². The van der Waals surface area contributed by atoms with Gasteiger partial charge in [-0.2, -0.15) is 4.99 Å². The summed E-state index contributed by atoms with van der Waals surface area (Å²) in [5.74, 6) is 0.420. The van der Waals surface area contributed by atoms with Crippen molar-refractivity contribution >= 4 is 11.9 Å². The minimum atomic E-state index is -0.502. The Bertz CT molecular complexity index is 194. The molecule has 0 fully saturated rings. The molecule has 0 saturated carbocycles. The fourth-order valence-corrected chi connectivity index (χ4v) is 0.583. The third kappa shape index (κ3) is 1.01. The fourth-order valence-electron chi connectivity index (χ4n) is 0.583. The van der Waals surface area contributed by atoms with Gasteiger partial charge in [-0.15, -0.1) is 0 Å². The molecule has 6 nitrogen and oxygen atoms in total. The highest BCUT2D eigenvalue weighted by molar-refractivity contribution is 5.95. The molecule has 0 amide bonds. The van der Waals surface area contributed by atoms with Crippen molar-refractivity contribution < 1.29 is 0 Å². The molecule has 0 radical (unpaired) electrons. The summed E-state index contributed by atoms with van der Waals surface area (Å²) in [6.07, 6.45) is -0.502. The van der Waals surface area contributed by atoms with Gasteiger partial charge in [-0.3, -0.25) is 5.73 Å². The summed E-state index contributed by atoms with van der Waals surface area (Å²) in [5.41, 5.74) is 16.1. The number of rotatable bonds is 0. The van der Waals surface area contributed by atoms with Crippen molar-refractivity contribution in [2.75, 3.05) is 7.05 Å². The normalized spacial score (nSPS) is 25.8. The van der Waals surface area contributed by atoms with Crippen LogP contribution >= 0.6 is 0 Å². The summed E-state index contributed by atoms with van der Waals surface area (Å²) in [7, 11) is 1.69. The number of hydrogen-bond donors (Lipinski definition) is 3. The molecule has 1 aliphatic heterocycles. The Morgan fingerprint density at radius 1 is 1.50 bits per heavy atom. The number of nitrogens with two attached hydrogens (primary N) is 3. The molecule has 1 rings (SSSR count). The van der Waals surface area contributed by atoms with E-state index in [9.17, 15) is 0 Å². The minimum Gasteiger partial charge on any atom is -0.369 e. The van der Waals surface area contributed by atoms with Gasteiger partial charge in [0.25, 0.3) is 0 Å². The molecule has 1 atom stereocenters. The average molecular weight is 142 g/mol. The van der Waals surface area contributed by atoms with Gasteiger partial charge >= 0.3 is 0 Å². The Kier molecular flexibility index (Phi) is 1.46. The lowest BCUT2D eigenvalue weighted by Crippen LogP contribution is -2.49. The van der Waals surface area contributed by atoms with E-state index in [1.807, 2.05) is 0 Å². The minimum absolute atomic E-state index is 0.128. The second-order valence-corrected chi connectivity index (χ2v) is 1.98. The standard InChI is InChI=1S/C4H10N6/c1-10-3(6)8-2(5)9-4(10)7/h3H,6H2,1H3,(H4,5,7,8,9). The third-order valence-electron chi connectivity index (χ3n) is 1.25. The van der Waals surface area contributed by atoms with Gasteiger partial charge in [-0.25, -0.2) is 4.99 Å². The van der Waals surface area contributed by atoms with Gasteiger partial charge in [-0.1, -0.05) is 0 Å². The largest absolute Gasteiger partial charge is 0.369 e. The van der Waals surface area contributed by atoms with Gasteiger partial charge in [0.15, 0.2) is 6.29 Å². The molecule has 0 bridgehead atoms. The fraction of sp³-hybridized carbons (Fsp3) is 0.500. The molecule has 10 heavy (non-hydrogen) atoms.